The van der Waals surface area contributed by atoms with E-state index in [4.69, 9.17) is 0 Å². The van der Waals surface area contributed by atoms with Gasteiger partial charge >= 0.3 is 0 Å². The average molecular weight is 861 g/mol. The van der Waals surface area contributed by atoms with Gasteiger partial charge in [-0.15, -0.1) is 0 Å². The molecule has 0 aromatic heterocycles. The third-order valence-electron chi connectivity index (χ3n) is 12.1. The van der Waals surface area contributed by atoms with Gasteiger partial charge in [-0.05, 0) is 175 Å². The number of amides is 1. The van der Waals surface area contributed by atoms with Gasteiger partial charge in [0.15, 0.2) is 0 Å². The minimum absolute atomic E-state index is 0.0338. The summed E-state index contributed by atoms with van der Waals surface area (Å²) in [6.07, 6.45) is 6.07. The Balaban J connectivity index is 1.50. The first-order valence-electron chi connectivity index (χ1n) is 23.7. The number of carbonyl (C=O) groups excluding carboxylic acids is 1. The average Bonchev–Trinajstić information content (AvgIpc) is 3.21. The van der Waals surface area contributed by atoms with Crippen LogP contribution in [0.1, 0.15) is 153 Å². The second kappa shape index (κ2) is 22.0. The molecule has 344 valence electrons. The first-order valence-corrected chi connectivity index (χ1v) is 23.7. The van der Waals surface area contributed by atoms with Crippen LogP contribution in [0.3, 0.4) is 0 Å². The summed E-state index contributed by atoms with van der Waals surface area (Å²) in [5, 5.41) is 28.0. The number of phenols is 2. The molecule has 5 rings (SSSR count). The first-order chi connectivity index (χ1) is 29.8. The van der Waals surface area contributed by atoms with Crippen molar-refractivity contribution in [3.63, 3.8) is 0 Å². The molecule has 1 heterocycles. The molecular formula is C54H80N6O3. The number of hydrogen-bond donors (Lipinski definition) is 4. The molecule has 0 bridgehead atoms. The number of aromatic hydroxyl groups is 2. The van der Waals surface area contributed by atoms with Crippen molar-refractivity contribution in [1.29, 1.82) is 0 Å². The van der Waals surface area contributed by atoms with Gasteiger partial charge in [-0.1, -0.05) is 72.7 Å². The predicted octanol–water partition coefficient (Wildman–Crippen LogP) is 11.4. The van der Waals surface area contributed by atoms with Gasteiger partial charge < -0.3 is 20.4 Å². The smallest absolute Gasteiger partial charge is 0.254 e. The Labute approximate surface area is 380 Å². The third-order valence-corrected chi connectivity index (χ3v) is 12.1. The van der Waals surface area contributed by atoms with Crippen LogP contribution in [0.4, 0.5) is 11.4 Å². The summed E-state index contributed by atoms with van der Waals surface area (Å²) in [6.45, 7) is 30.4. The molecule has 63 heavy (non-hydrogen) atoms. The lowest BCUT2D eigenvalue weighted by Crippen LogP contribution is -2.63. The maximum absolute atomic E-state index is 14.9. The number of anilines is 2. The molecule has 0 aliphatic carbocycles. The molecule has 0 radical (unpaired) electrons. The van der Waals surface area contributed by atoms with Crippen LogP contribution in [0.15, 0.2) is 84.9 Å². The van der Waals surface area contributed by atoms with Crippen LogP contribution in [0.25, 0.3) is 0 Å². The first kappa shape index (κ1) is 49.6. The highest BCUT2D eigenvalue weighted by Crippen LogP contribution is 2.33. The van der Waals surface area contributed by atoms with Crippen molar-refractivity contribution >= 4 is 17.3 Å². The van der Waals surface area contributed by atoms with Crippen LogP contribution in [-0.2, 0) is 31.6 Å². The van der Waals surface area contributed by atoms with Crippen LogP contribution in [0, 0.1) is 0 Å². The van der Waals surface area contributed by atoms with Crippen LogP contribution in [-0.4, -0.2) is 74.1 Å². The number of nitrogens with zero attached hydrogens (tertiary/aromatic N) is 4. The SMILES string of the molecule is CCCN(CCC)Cc1cc(CN(Cc2ccc(O)c(CN(CCC)CCC)c2)C(=O)c2ccc(N(NC3CC(C)(C)NC(C)(C)C3)c3ccc(C(C)(C)C)cc3)cc2)ccc1O. The van der Waals surface area contributed by atoms with E-state index in [2.05, 4.69) is 150 Å². The third kappa shape index (κ3) is 14.3. The van der Waals surface area contributed by atoms with Crippen molar-refractivity contribution in [3.8, 4) is 11.5 Å². The summed E-state index contributed by atoms with van der Waals surface area (Å²) < 4.78 is 0. The maximum atomic E-state index is 14.9. The Hall–Kier alpha value is -4.41. The number of hydrazine groups is 1. The van der Waals surface area contributed by atoms with Gasteiger partial charge in [0, 0.05) is 60.0 Å². The van der Waals surface area contributed by atoms with E-state index in [9.17, 15) is 15.0 Å². The molecule has 9 nitrogen and oxygen atoms in total. The fourth-order valence-electron chi connectivity index (χ4n) is 9.59. The number of carbonyl (C=O) groups is 1. The lowest BCUT2D eigenvalue weighted by atomic mass is 9.80. The van der Waals surface area contributed by atoms with Crippen molar-refractivity contribution in [2.45, 2.75) is 163 Å². The molecule has 0 atom stereocenters. The quantitative estimate of drug-likeness (QED) is 0.0616. The molecule has 4 aromatic carbocycles. The lowest BCUT2D eigenvalue weighted by Gasteiger charge is -2.48. The van der Waals surface area contributed by atoms with E-state index in [-0.39, 0.29) is 39.9 Å². The van der Waals surface area contributed by atoms with Crippen LogP contribution in [0.5, 0.6) is 11.5 Å². The van der Waals surface area contributed by atoms with Gasteiger partial charge in [-0.2, -0.15) is 0 Å². The molecule has 1 amide bonds. The van der Waals surface area contributed by atoms with E-state index in [1.54, 1.807) is 12.1 Å². The summed E-state index contributed by atoms with van der Waals surface area (Å²) in [5.41, 5.74) is 11.4. The number of piperidine rings is 1. The number of nitrogens with one attached hydrogen (secondary N) is 2. The second-order valence-electron chi connectivity index (χ2n) is 20.4. The van der Waals surface area contributed by atoms with Gasteiger partial charge in [0.1, 0.15) is 11.5 Å². The van der Waals surface area contributed by atoms with Crippen molar-refractivity contribution in [1.82, 2.24) is 25.4 Å². The van der Waals surface area contributed by atoms with Crippen molar-refractivity contribution < 1.29 is 15.0 Å². The fraction of sp³-hybridized carbons (Fsp3) is 0.537. The Bertz CT molecular complexity index is 1960. The summed E-state index contributed by atoms with van der Waals surface area (Å²) >= 11 is 0. The van der Waals surface area contributed by atoms with Gasteiger partial charge in [-0.25, -0.2) is 5.43 Å². The molecule has 0 saturated carbocycles. The topological polar surface area (TPSA) is 94.6 Å². The molecule has 1 saturated heterocycles. The molecule has 1 aliphatic rings. The number of hydrogen-bond acceptors (Lipinski definition) is 8. The van der Waals surface area contributed by atoms with Crippen molar-refractivity contribution in [3.05, 3.63) is 118 Å². The normalized spacial score (nSPS) is 15.3. The molecule has 1 fully saturated rings. The zero-order chi connectivity index (χ0) is 46.0. The minimum Gasteiger partial charge on any atom is -0.508 e. The Morgan fingerprint density at radius 1 is 0.635 bits per heavy atom. The molecular weight excluding hydrogens is 781 g/mol. The van der Waals surface area contributed by atoms with E-state index >= 15 is 0 Å². The van der Waals surface area contributed by atoms with E-state index < -0.39 is 0 Å². The fourth-order valence-corrected chi connectivity index (χ4v) is 9.59. The highest BCUT2D eigenvalue weighted by Gasteiger charge is 2.38. The van der Waals surface area contributed by atoms with E-state index in [1.807, 2.05) is 29.2 Å². The number of benzene rings is 4. The second-order valence-corrected chi connectivity index (χ2v) is 20.4. The minimum atomic E-state index is -0.0844. The highest BCUT2D eigenvalue weighted by atomic mass is 16.3. The van der Waals surface area contributed by atoms with Crippen LogP contribution < -0.4 is 15.8 Å². The molecule has 1 aliphatic heterocycles. The molecule has 0 unspecified atom stereocenters. The Morgan fingerprint density at radius 3 is 1.44 bits per heavy atom. The maximum Gasteiger partial charge on any atom is 0.254 e. The van der Waals surface area contributed by atoms with Gasteiger partial charge in [0.25, 0.3) is 5.91 Å². The molecule has 4 N–H and O–H groups in total. The lowest BCUT2D eigenvalue weighted by molar-refractivity contribution is 0.0729. The highest BCUT2D eigenvalue weighted by molar-refractivity contribution is 5.94. The van der Waals surface area contributed by atoms with E-state index in [0.29, 0.717) is 31.7 Å². The van der Waals surface area contributed by atoms with Crippen LogP contribution in [0.2, 0.25) is 0 Å². The monoisotopic (exact) mass is 861 g/mol. The van der Waals surface area contributed by atoms with E-state index in [0.717, 1.165) is 98.3 Å². The summed E-state index contributed by atoms with van der Waals surface area (Å²) in [7, 11) is 0. The molecule has 0 spiro atoms. The van der Waals surface area contributed by atoms with Gasteiger partial charge in [-0.3, -0.25) is 19.6 Å². The zero-order valence-electron chi connectivity index (χ0n) is 40.7. The largest absolute Gasteiger partial charge is 0.508 e. The van der Waals surface area contributed by atoms with Crippen molar-refractivity contribution in [2.24, 2.45) is 0 Å². The summed E-state index contributed by atoms with van der Waals surface area (Å²) in [5.74, 6) is 0.470. The summed E-state index contributed by atoms with van der Waals surface area (Å²) in [4.78, 5) is 21.5. The zero-order valence-corrected chi connectivity index (χ0v) is 40.7. The molecule has 9 heteroatoms. The molecule has 4 aromatic rings. The Kier molecular flexibility index (Phi) is 17.3. The summed E-state index contributed by atoms with van der Waals surface area (Å²) in [6, 6.07) is 28.6. The number of rotatable bonds is 21. The van der Waals surface area contributed by atoms with Gasteiger partial charge in [0.2, 0.25) is 0 Å². The predicted molar refractivity (Wildman–Crippen MR) is 263 cm³/mol. The Morgan fingerprint density at radius 2 is 1.05 bits per heavy atom. The van der Waals surface area contributed by atoms with Crippen molar-refractivity contribution in [2.75, 3.05) is 31.2 Å². The van der Waals surface area contributed by atoms with E-state index in [1.165, 1.54) is 5.56 Å². The number of phenolic OH excluding ortho intramolecular Hbond substituents is 2. The standard InChI is InChI=1S/C54H80N6O3/c1-12-28-57(29-13-2)38-43-32-40(16-26-49(43)61)36-59(37-41-17-27-50(62)44(33-41)39-58(30-14-3)31-15-4)51(63)42-18-22-47(23-19-42)60(48-24-20-45(21-25-48)52(5,6)7)55-46-34-53(8,9)56-54(10,11)35-46/h16-27,32-33,46,55-56,61-62H,12-15,28-31,34-39H2,1-11H3. The van der Waals surface area contributed by atoms with Crippen LogP contribution >= 0.6 is 0 Å². The van der Waals surface area contributed by atoms with Gasteiger partial charge in [0.05, 0.1) is 11.4 Å².